The van der Waals surface area contributed by atoms with Crippen LogP contribution in [0.25, 0.3) is 0 Å². The predicted molar refractivity (Wildman–Crippen MR) is 86.2 cm³/mol. The number of carbonyl (C=O) groups excluding carboxylic acids is 2. The lowest BCUT2D eigenvalue weighted by molar-refractivity contribution is -0.130. The molecular weight excluding hydrogens is 308 g/mol. The van der Waals surface area contributed by atoms with Gasteiger partial charge in [-0.2, -0.15) is 0 Å². The lowest BCUT2D eigenvalue weighted by atomic mass is 10.0. The third-order valence-corrected chi connectivity index (χ3v) is 5.17. The van der Waals surface area contributed by atoms with Crippen LogP contribution >= 0.6 is 0 Å². The maximum Gasteiger partial charge on any atom is 0.251 e. The van der Waals surface area contributed by atoms with E-state index in [4.69, 9.17) is 0 Å². The minimum Gasteiger partial charge on any atom is -0.506 e. The van der Waals surface area contributed by atoms with Gasteiger partial charge in [0.1, 0.15) is 23.6 Å². The molecule has 3 heterocycles. The van der Waals surface area contributed by atoms with Crippen molar-refractivity contribution in [1.82, 2.24) is 0 Å². The maximum absolute atomic E-state index is 13.1. The number of phenolic OH excluding ortho intramolecular Hbond substituents is 2. The molecule has 24 heavy (non-hydrogen) atoms. The van der Waals surface area contributed by atoms with Crippen molar-refractivity contribution < 1.29 is 19.8 Å². The number of benzene rings is 2. The number of aromatic hydroxyl groups is 2. The van der Waals surface area contributed by atoms with Crippen LogP contribution < -0.4 is 9.80 Å². The number of nitrogens with zero attached hydrogens (tertiary/aromatic N) is 2. The lowest BCUT2D eigenvalue weighted by Gasteiger charge is -2.39. The third-order valence-electron chi connectivity index (χ3n) is 5.17. The van der Waals surface area contributed by atoms with Crippen molar-refractivity contribution in [3.8, 4) is 11.5 Å². The van der Waals surface area contributed by atoms with Gasteiger partial charge in [0.05, 0.1) is 11.4 Å². The average molecular weight is 322 g/mol. The summed E-state index contributed by atoms with van der Waals surface area (Å²) in [5.74, 6) is -0.392. The van der Waals surface area contributed by atoms with E-state index >= 15 is 0 Å². The van der Waals surface area contributed by atoms with E-state index in [-0.39, 0.29) is 23.3 Å². The molecule has 2 aromatic rings. The van der Waals surface area contributed by atoms with E-state index in [0.717, 1.165) is 11.1 Å². The zero-order valence-corrected chi connectivity index (χ0v) is 12.6. The second-order valence-electron chi connectivity index (χ2n) is 6.43. The molecule has 120 valence electrons. The van der Waals surface area contributed by atoms with Crippen LogP contribution in [-0.2, 0) is 22.4 Å². The van der Waals surface area contributed by atoms with Crippen LogP contribution in [0.2, 0.25) is 0 Å². The van der Waals surface area contributed by atoms with Crippen molar-refractivity contribution in [2.45, 2.75) is 24.9 Å². The topological polar surface area (TPSA) is 81.1 Å². The smallest absolute Gasteiger partial charge is 0.251 e. The van der Waals surface area contributed by atoms with Gasteiger partial charge in [-0.1, -0.05) is 24.3 Å². The van der Waals surface area contributed by atoms with Gasteiger partial charge in [-0.15, -0.1) is 0 Å². The lowest BCUT2D eigenvalue weighted by Crippen LogP contribution is -2.63. The largest absolute Gasteiger partial charge is 0.506 e. The number of para-hydroxylation sites is 2. The summed E-state index contributed by atoms with van der Waals surface area (Å²) >= 11 is 0. The highest BCUT2D eigenvalue weighted by Crippen LogP contribution is 2.47. The Bertz CT molecular complexity index is 848. The molecule has 2 unspecified atom stereocenters. The van der Waals surface area contributed by atoms with E-state index in [2.05, 4.69) is 0 Å². The molecule has 2 amide bonds. The first-order valence-corrected chi connectivity index (χ1v) is 7.86. The van der Waals surface area contributed by atoms with Crippen LogP contribution in [0.5, 0.6) is 11.5 Å². The van der Waals surface area contributed by atoms with E-state index in [1.165, 1.54) is 21.9 Å². The molecular formula is C18H14N2O4. The molecule has 6 nitrogen and oxygen atoms in total. The Labute approximate surface area is 137 Å². The molecule has 2 N–H and O–H groups in total. The highest BCUT2D eigenvalue weighted by atomic mass is 16.3. The Hall–Kier alpha value is -3.02. The number of carbonyl (C=O) groups is 2. The van der Waals surface area contributed by atoms with Crippen molar-refractivity contribution >= 4 is 23.2 Å². The summed E-state index contributed by atoms with van der Waals surface area (Å²) in [6.45, 7) is 0. The molecule has 2 atom stereocenters. The number of piperazine rings is 1. The zero-order valence-electron chi connectivity index (χ0n) is 12.6. The molecule has 0 radical (unpaired) electrons. The molecule has 3 aliphatic heterocycles. The van der Waals surface area contributed by atoms with Crippen molar-refractivity contribution in [3.05, 3.63) is 47.5 Å². The Kier molecular flexibility index (Phi) is 2.40. The minimum atomic E-state index is -0.664. The Morgan fingerprint density at radius 1 is 0.750 bits per heavy atom. The van der Waals surface area contributed by atoms with Gasteiger partial charge in [-0.05, 0) is 23.3 Å². The zero-order chi connectivity index (χ0) is 16.6. The number of anilines is 2. The molecule has 0 aromatic heterocycles. The SMILES string of the molecule is O=C1C2Cc3cccc(O)c3N2C(=O)C2Cc3cccc(O)c3N12. The summed E-state index contributed by atoms with van der Waals surface area (Å²) in [7, 11) is 0. The number of hydrogen-bond acceptors (Lipinski definition) is 4. The van der Waals surface area contributed by atoms with E-state index in [1.807, 2.05) is 12.1 Å². The van der Waals surface area contributed by atoms with Crippen molar-refractivity contribution in [2.24, 2.45) is 0 Å². The maximum atomic E-state index is 13.1. The van der Waals surface area contributed by atoms with Crippen molar-refractivity contribution in [1.29, 1.82) is 0 Å². The number of fused-ring (bicyclic) bond motifs is 6. The Morgan fingerprint density at radius 2 is 1.17 bits per heavy atom. The fourth-order valence-electron chi connectivity index (χ4n) is 4.20. The quantitative estimate of drug-likeness (QED) is 0.767. The number of hydrogen-bond donors (Lipinski definition) is 2. The molecule has 0 aliphatic carbocycles. The summed E-state index contributed by atoms with van der Waals surface area (Å²) in [6, 6.07) is 8.80. The standard InChI is InChI=1S/C18H14N2O4/c21-13-5-1-3-9-7-11-17(23)20-12(18(24)19(11)15(9)13)8-10-4-2-6-14(22)16(10)20/h1-6,11-12,21-22H,7-8H2. The van der Waals surface area contributed by atoms with Crippen LogP contribution in [-0.4, -0.2) is 34.1 Å². The van der Waals surface area contributed by atoms with Crippen LogP contribution in [0, 0.1) is 0 Å². The Morgan fingerprint density at radius 3 is 1.58 bits per heavy atom. The second kappa shape index (κ2) is 4.29. The van der Waals surface area contributed by atoms with E-state index in [1.54, 1.807) is 12.1 Å². The fourth-order valence-corrected chi connectivity index (χ4v) is 4.20. The van der Waals surface area contributed by atoms with Crippen molar-refractivity contribution in [3.63, 3.8) is 0 Å². The van der Waals surface area contributed by atoms with Gasteiger partial charge in [0.25, 0.3) is 11.8 Å². The first-order chi connectivity index (χ1) is 11.6. The van der Waals surface area contributed by atoms with Crippen LogP contribution in [0.3, 0.4) is 0 Å². The van der Waals surface area contributed by atoms with Crippen LogP contribution in [0.4, 0.5) is 11.4 Å². The van der Waals surface area contributed by atoms with Crippen LogP contribution in [0.1, 0.15) is 11.1 Å². The van der Waals surface area contributed by atoms with Gasteiger partial charge in [-0.3, -0.25) is 19.4 Å². The van der Waals surface area contributed by atoms with E-state index in [0.29, 0.717) is 24.2 Å². The minimum absolute atomic E-state index is 0.0166. The molecule has 0 bridgehead atoms. The second-order valence-corrected chi connectivity index (χ2v) is 6.43. The molecule has 1 fully saturated rings. The van der Waals surface area contributed by atoms with Gasteiger partial charge in [0.2, 0.25) is 0 Å². The third kappa shape index (κ3) is 1.45. The van der Waals surface area contributed by atoms with E-state index < -0.39 is 12.1 Å². The number of phenols is 2. The molecule has 3 aliphatic rings. The highest BCUT2D eigenvalue weighted by molar-refractivity contribution is 6.19. The van der Waals surface area contributed by atoms with E-state index in [9.17, 15) is 19.8 Å². The molecule has 6 heteroatoms. The number of rotatable bonds is 0. The highest BCUT2D eigenvalue weighted by Gasteiger charge is 2.54. The van der Waals surface area contributed by atoms with Gasteiger partial charge >= 0.3 is 0 Å². The molecule has 2 aromatic carbocycles. The first kappa shape index (κ1) is 13.4. The molecule has 0 spiro atoms. The Balaban J connectivity index is 1.67. The van der Waals surface area contributed by atoms with Gasteiger partial charge in [0, 0.05) is 12.8 Å². The summed E-state index contributed by atoms with van der Waals surface area (Å²) in [6.07, 6.45) is 0.751. The fraction of sp³-hybridized carbons (Fsp3) is 0.222. The summed E-state index contributed by atoms with van der Waals surface area (Å²) in [4.78, 5) is 29.0. The summed E-state index contributed by atoms with van der Waals surface area (Å²) in [5, 5.41) is 20.3. The van der Waals surface area contributed by atoms with Crippen molar-refractivity contribution in [2.75, 3.05) is 9.80 Å². The summed E-state index contributed by atoms with van der Waals surface area (Å²) < 4.78 is 0. The van der Waals surface area contributed by atoms with Gasteiger partial charge in [0.15, 0.2) is 0 Å². The summed E-state index contributed by atoms with van der Waals surface area (Å²) in [5.41, 5.74) is 2.47. The van der Waals surface area contributed by atoms with Gasteiger partial charge in [-0.25, -0.2) is 0 Å². The predicted octanol–water partition coefficient (Wildman–Crippen LogP) is 1.33. The normalized spacial score (nSPS) is 23.8. The number of amides is 2. The average Bonchev–Trinajstić information content (AvgIpc) is 3.13. The monoisotopic (exact) mass is 322 g/mol. The molecule has 1 saturated heterocycles. The van der Waals surface area contributed by atoms with Gasteiger partial charge < -0.3 is 10.2 Å². The first-order valence-electron chi connectivity index (χ1n) is 7.86. The van der Waals surface area contributed by atoms with Crippen LogP contribution in [0.15, 0.2) is 36.4 Å². The molecule has 5 rings (SSSR count). The molecule has 0 saturated carbocycles.